The zero-order valence-corrected chi connectivity index (χ0v) is 18.1. The number of nitrogens with two attached hydrogens (primary N) is 1. The maximum atomic E-state index is 12.4. The first kappa shape index (κ1) is 24.1. The molecule has 8 N–H and O–H groups in total. The van der Waals surface area contributed by atoms with Crippen molar-refractivity contribution in [3.63, 3.8) is 0 Å². The Morgan fingerprint density at radius 2 is 2.03 bits per heavy atom. The smallest absolute Gasteiger partial charge is 0.303 e. The molecule has 1 aromatic carbocycles. The predicted molar refractivity (Wildman–Crippen MR) is 125 cm³/mol. The Hall–Kier alpha value is -4.55. The highest BCUT2D eigenvalue weighted by Gasteiger charge is 2.29. The molecule has 2 atom stereocenters. The lowest BCUT2D eigenvalue weighted by Crippen LogP contribution is -2.50. The summed E-state index contributed by atoms with van der Waals surface area (Å²) in [6, 6.07) is 5.12. The Labute approximate surface area is 193 Å². The van der Waals surface area contributed by atoms with Gasteiger partial charge in [0.15, 0.2) is 5.69 Å². The van der Waals surface area contributed by atoms with Gasteiger partial charge in [-0.1, -0.05) is 6.58 Å². The molecule has 2 aromatic rings. The largest absolute Gasteiger partial charge is 0.511 e. The first-order valence-corrected chi connectivity index (χ1v) is 10.3. The minimum atomic E-state index is -1.05. The first-order valence-electron chi connectivity index (χ1n) is 10.3. The van der Waals surface area contributed by atoms with Crippen LogP contribution in [0.3, 0.4) is 0 Å². The van der Waals surface area contributed by atoms with Crippen LogP contribution in [0.25, 0.3) is 0 Å². The summed E-state index contributed by atoms with van der Waals surface area (Å²) >= 11 is 0. The summed E-state index contributed by atoms with van der Waals surface area (Å²) in [4.78, 5) is 54.7. The molecule has 1 unspecified atom stereocenters. The van der Waals surface area contributed by atoms with E-state index >= 15 is 0 Å². The molecule has 13 nitrogen and oxygen atoms in total. The maximum Gasteiger partial charge on any atom is 0.303 e. The molecule has 3 rings (SSSR count). The van der Waals surface area contributed by atoms with Crippen LogP contribution in [0.4, 0.5) is 23.1 Å². The van der Waals surface area contributed by atoms with Crippen LogP contribution in [0.2, 0.25) is 0 Å². The zero-order chi connectivity index (χ0) is 24.8. The highest BCUT2D eigenvalue weighted by molar-refractivity contribution is 5.95. The molecule has 0 spiro atoms. The molecule has 2 amide bonds. The Morgan fingerprint density at radius 3 is 2.65 bits per heavy atom. The molecule has 2 heterocycles. The van der Waals surface area contributed by atoms with E-state index in [1.807, 2.05) is 0 Å². The van der Waals surface area contributed by atoms with Crippen LogP contribution >= 0.6 is 0 Å². The highest BCUT2D eigenvalue weighted by Crippen LogP contribution is 2.25. The monoisotopic (exact) mass is 471 g/mol. The van der Waals surface area contributed by atoms with Gasteiger partial charge in [-0.3, -0.25) is 19.2 Å². The number of anilines is 4. The fourth-order valence-electron chi connectivity index (χ4n) is 3.47. The predicted octanol–water partition coefficient (Wildman–Crippen LogP) is 0.256. The molecular weight excluding hydrogens is 446 g/mol. The summed E-state index contributed by atoms with van der Waals surface area (Å²) in [5.74, 6) is -1.61. The van der Waals surface area contributed by atoms with Gasteiger partial charge in [0.2, 0.25) is 12.4 Å². The fraction of sp³-hybridized carbons (Fsp3) is 0.286. The minimum Gasteiger partial charge on any atom is -0.511 e. The van der Waals surface area contributed by atoms with Gasteiger partial charge in [-0.15, -0.1) is 0 Å². The number of carboxylic acids is 1. The van der Waals surface area contributed by atoms with E-state index in [0.29, 0.717) is 36.6 Å². The lowest BCUT2D eigenvalue weighted by atomic mass is 10.1. The van der Waals surface area contributed by atoms with E-state index < -0.39 is 29.5 Å². The number of amides is 2. The number of carboxylic acid groups (broad SMARTS) is 1. The molecule has 1 aliphatic heterocycles. The van der Waals surface area contributed by atoms with Crippen molar-refractivity contribution in [3.05, 3.63) is 52.5 Å². The van der Waals surface area contributed by atoms with Gasteiger partial charge in [-0.05, 0) is 30.7 Å². The molecule has 0 saturated carbocycles. The van der Waals surface area contributed by atoms with Crippen molar-refractivity contribution in [1.29, 1.82) is 0 Å². The standard InChI is InChI=1S/C21H25N7O6/c1-11(30)15(6-7-16(31)32)25-19(33)12-2-4-13(5-3-12)23-8-14-9-24-18-17(28(14)10-29)20(34)27-21(22)26-18/h2-5,10,14-15,23,30H,1,6-9H2,(H,25,33)(H,31,32)(H4,22,24,26,27,34)/t14?,15-/m0/s1. The number of nitrogens with one attached hydrogen (secondary N) is 4. The van der Waals surface area contributed by atoms with Crippen LogP contribution in [0.1, 0.15) is 23.2 Å². The quantitative estimate of drug-likeness (QED) is 0.186. The number of carbonyl (C=O) groups excluding carboxylic acids is 2. The summed E-state index contributed by atoms with van der Waals surface area (Å²) in [5.41, 5.74) is 5.96. The number of carbonyl (C=O) groups is 3. The number of H-pyrrole nitrogens is 1. The lowest BCUT2D eigenvalue weighted by molar-refractivity contribution is -0.137. The number of hydrogen-bond acceptors (Lipinski definition) is 9. The third kappa shape index (κ3) is 5.62. The van der Waals surface area contributed by atoms with E-state index in [-0.39, 0.29) is 30.2 Å². The van der Waals surface area contributed by atoms with Crippen LogP contribution in [-0.4, -0.2) is 63.6 Å². The molecule has 0 aliphatic carbocycles. The number of benzene rings is 1. The van der Waals surface area contributed by atoms with E-state index in [1.165, 1.54) is 4.90 Å². The SMILES string of the molecule is C=C(O)[C@H](CCC(=O)O)NC(=O)c1ccc(NCC2CNc3[nH]c(N)nc(=O)c3N2C=O)cc1. The highest BCUT2D eigenvalue weighted by atomic mass is 16.4. The number of aliphatic carboxylic acids is 1. The normalized spacial score (nSPS) is 15.4. The van der Waals surface area contributed by atoms with Crippen LogP contribution in [-0.2, 0) is 9.59 Å². The average Bonchev–Trinajstić information content (AvgIpc) is 2.79. The van der Waals surface area contributed by atoms with Crippen molar-refractivity contribution in [1.82, 2.24) is 15.3 Å². The van der Waals surface area contributed by atoms with Crippen LogP contribution in [0.5, 0.6) is 0 Å². The van der Waals surface area contributed by atoms with Gasteiger partial charge in [0.25, 0.3) is 5.91 Å². The summed E-state index contributed by atoms with van der Waals surface area (Å²) < 4.78 is 0. The number of aliphatic hydroxyl groups excluding tert-OH is 1. The van der Waals surface area contributed by atoms with Crippen molar-refractivity contribution < 1.29 is 24.6 Å². The molecule has 0 saturated heterocycles. The van der Waals surface area contributed by atoms with Crippen LogP contribution in [0.15, 0.2) is 41.4 Å². The number of aromatic nitrogens is 2. The van der Waals surface area contributed by atoms with E-state index in [9.17, 15) is 24.3 Å². The van der Waals surface area contributed by atoms with Gasteiger partial charge in [0, 0.05) is 30.8 Å². The van der Waals surface area contributed by atoms with E-state index in [1.54, 1.807) is 24.3 Å². The number of aliphatic hydroxyl groups is 1. The second-order valence-electron chi connectivity index (χ2n) is 7.61. The molecular formula is C21H25N7O6. The summed E-state index contributed by atoms with van der Waals surface area (Å²) in [6.45, 7) is 4.01. The van der Waals surface area contributed by atoms with E-state index in [2.05, 4.69) is 32.5 Å². The molecule has 34 heavy (non-hydrogen) atoms. The zero-order valence-electron chi connectivity index (χ0n) is 18.1. The Morgan fingerprint density at radius 1 is 1.32 bits per heavy atom. The topological polar surface area (TPSA) is 203 Å². The summed E-state index contributed by atoms with van der Waals surface area (Å²) in [5, 5.41) is 27.1. The number of nitrogen functional groups attached to an aromatic ring is 1. The van der Waals surface area contributed by atoms with Crippen molar-refractivity contribution in [2.24, 2.45) is 0 Å². The fourth-order valence-corrected chi connectivity index (χ4v) is 3.47. The van der Waals surface area contributed by atoms with Gasteiger partial charge < -0.3 is 41.8 Å². The minimum absolute atomic E-state index is 0.00672. The van der Waals surface area contributed by atoms with Crippen molar-refractivity contribution >= 4 is 41.4 Å². The second-order valence-corrected chi connectivity index (χ2v) is 7.61. The Balaban J connectivity index is 1.62. The number of hydrogen-bond donors (Lipinski definition) is 7. The number of fused-ring (bicyclic) bond motifs is 1. The number of rotatable bonds is 10. The van der Waals surface area contributed by atoms with Crippen molar-refractivity contribution in [3.8, 4) is 0 Å². The lowest BCUT2D eigenvalue weighted by Gasteiger charge is -2.34. The molecule has 1 aliphatic rings. The maximum absolute atomic E-state index is 12.4. The molecule has 0 bridgehead atoms. The molecule has 0 radical (unpaired) electrons. The average molecular weight is 471 g/mol. The number of aromatic amines is 1. The first-order chi connectivity index (χ1) is 16.2. The van der Waals surface area contributed by atoms with Gasteiger partial charge in [0.1, 0.15) is 11.6 Å². The third-order valence-electron chi connectivity index (χ3n) is 5.24. The van der Waals surface area contributed by atoms with Crippen LogP contribution < -0.4 is 32.1 Å². The van der Waals surface area contributed by atoms with Gasteiger partial charge in [-0.2, -0.15) is 4.98 Å². The van der Waals surface area contributed by atoms with Crippen LogP contribution in [0, 0.1) is 0 Å². The molecule has 13 heteroatoms. The molecule has 1 aromatic heterocycles. The molecule has 180 valence electrons. The summed E-state index contributed by atoms with van der Waals surface area (Å²) in [7, 11) is 0. The molecule has 0 fully saturated rings. The van der Waals surface area contributed by atoms with Gasteiger partial charge >= 0.3 is 11.5 Å². The summed E-state index contributed by atoms with van der Waals surface area (Å²) in [6.07, 6.45) is 0.330. The Kier molecular flexibility index (Phi) is 7.36. The second kappa shape index (κ2) is 10.4. The van der Waals surface area contributed by atoms with E-state index in [4.69, 9.17) is 10.8 Å². The van der Waals surface area contributed by atoms with Gasteiger partial charge in [0.05, 0.1) is 12.1 Å². The van der Waals surface area contributed by atoms with Gasteiger partial charge in [-0.25, -0.2) is 0 Å². The van der Waals surface area contributed by atoms with Crippen molar-refractivity contribution in [2.45, 2.75) is 24.9 Å². The third-order valence-corrected chi connectivity index (χ3v) is 5.24. The Bertz CT molecular complexity index is 1150. The number of nitrogens with zero attached hydrogens (tertiary/aromatic N) is 2. The van der Waals surface area contributed by atoms with Crippen molar-refractivity contribution in [2.75, 3.05) is 34.4 Å². The van der Waals surface area contributed by atoms with E-state index in [0.717, 1.165) is 0 Å².